The van der Waals surface area contributed by atoms with Gasteiger partial charge >= 0.3 is 11.9 Å². The summed E-state index contributed by atoms with van der Waals surface area (Å²) in [7, 11) is 11.2. The van der Waals surface area contributed by atoms with Crippen LogP contribution >= 0.6 is 0 Å². The normalized spacial score (nSPS) is 36.3. The Bertz CT molecular complexity index is 2350. The molecule has 0 aromatic carbocycles. The van der Waals surface area contributed by atoms with Gasteiger partial charge in [-0.2, -0.15) is 0 Å². The molecule has 20 heteroatoms. The van der Waals surface area contributed by atoms with Crippen LogP contribution in [0.2, 0.25) is 0 Å². The van der Waals surface area contributed by atoms with E-state index in [2.05, 4.69) is 16.7 Å². The fourth-order valence-corrected chi connectivity index (χ4v) is 12.8. The van der Waals surface area contributed by atoms with E-state index in [-0.39, 0.29) is 73.5 Å². The SMILES string of the molecule is C.CC[C@@H](O)[C@@](C)(O)/C=C(\C)C(=O)[C@H](C)C[C@@](C)(OC)[C@H](O[C@@H]1OC(C)CC(N(C)C)C1C)[C@@H](C)C1=C(C)C(=O)OC(C)(C)O1.CO[C@]1(C)C[C@@H](C)C(=O)/C(C)=C/[C@](C)(O)[C@@H](CO)OC(=O)[C@H](C)C(=O)[C@H](C)[C@H]1O[C@@H]1OC(C)CC(N(C)C)C1C. The van der Waals surface area contributed by atoms with E-state index in [4.69, 9.17) is 42.6 Å². The molecule has 0 aromatic rings. The van der Waals surface area contributed by atoms with Crippen LogP contribution in [-0.2, 0) is 66.6 Å². The molecule has 85 heavy (non-hydrogen) atoms. The Labute approximate surface area is 510 Å². The minimum atomic E-state index is -1.84. The lowest BCUT2D eigenvalue weighted by Crippen LogP contribution is -2.57. The second kappa shape index (κ2) is 31.3. The Hall–Kier alpha value is -3.51. The number of allylic oxidation sites excluding steroid dienone is 2. The van der Waals surface area contributed by atoms with E-state index < -0.39 is 119 Å². The third kappa shape index (κ3) is 19.3. The number of aliphatic hydroxyl groups is 4. The summed E-state index contributed by atoms with van der Waals surface area (Å²) in [5.41, 5.74) is -4.59. The molecule has 21 atom stereocenters. The predicted molar refractivity (Wildman–Crippen MR) is 325 cm³/mol. The Kier molecular flexibility index (Phi) is 28.6. The van der Waals surface area contributed by atoms with E-state index in [9.17, 15) is 44.4 Å². The number of cyclic esters (lactones) is 2. The van der Waals surface area contributed by atoms with Gasteiger partial charge in [0.25, 0.3) is 0 Å². The molecule has 0 radical (unpaired) electrons. The number of carbonyl (C=O) groups is 5. The van der Waals surface area contributed by atoms with Gasteiger partial charge in [0.1, 0.15) is 22.9 Å². The number of Topliss-reactive ketones (excluding diaryl/α,β-unsaturated/α-hetero) is 3. The quantitative estimate of drug-likeness (QED) is 0.0544. The number of carbonyl (C=O) groups excluding carboxylic acids is 5. The molecule has 0 bridgehead atoms. The number of rotatable bonds is 19. The maximum absolute atomic E-state index is 13.8. The standard InChI is InChI=1S/C34H59NO9.C30H51NO9.CH4/c1-15-26(36)33(10,39)17-19(2)27(37)20(3)18-34(11,40-14)29(23(6)28-24(7)30(38)44-32(8,9)43-28)42-31-22(5)25(35(12)13)16-21(4)41-31;1-16-13-29(7,36)23(15-32)39-27(35)21(6)25(34)20(5)26(30(8,37-11)14-17(2)24(16)33)40-28-19(4)22(31(9)10)12-18(3)38-28;/h17,20-23,25-26,29,31,36,39H,15-16,18H2,1-14H3;13,17-23,26,28,32,36H,12,14-15H2,1-11H3;1H4/b19-17+;16-13+;/t20-,21?,22?,23+,25?,26-,29-,31+,33+,34-;17-,18?,19?,20+,21-,22?,23-,26-,28+,29+,30-;/m11./s1. The van der Waals surface area contributed by atoms with E-state index in [1.54, 1.807) is 69.4 Å². The molecule has 4 heterocycles. The molecule has 0 aliphatic carbocycles. The van der Waals surface area contributed by atoms with Crippen LogP contribution < -0.4 is 0 Å². The number of ketones is 3. The minimum absolute atomic E-state index is 0. The third-order valence-electron chi connectivity index (χ3n) is 18.1. The van der Waals surface area contributed by atoms with E-state index in [1.807, 2.05) is 69.7 Å². The topological polar surface area (TPSA) is 256 Å². The van der Waals surface area contributed by atoms with Crippen LogP contribution in [-0.4, -0.2) is 198 Å². The Balaban J connectivity index is 0.000000576. The molecular weight excluding hydrogens is 1100 g/mol. The van der Waals surface area contributed by atoms with Gasteiger partial charge in [-0.05, 0) is 153 Å². The number of methoxy groups -OCH3 is 2. The summed E-state index contributed by atoms with van der Waals surface area (Å²) in [5.74, 6) is -6.64. The first-order valence-electron chi connectivity index (χ1n) is 30.1. The molecule has 2 saturated heterocycles. The van der Waals surface area contributed by atoms with E-state index >= 15 is 0 Å². The summed E-state index contributed by atoms with van der Waals surface area (Å²) >= 11 is 0. The molecule has 4 aliphatic rings. The van der Waals surface area contributed by atoms with Gasteiger partial charge in [-0.15, -0.1) is 0 Å². The van der Waals surface area contributed by atoms with Crippen molar-refractivity contribution in [1.82, 2.24) is 9.80 Å². The zero-order chi connectivity index (χ0) is 64.7. The van der Waals surface area contributed by atoms with Crippen LogP contribution in [0.4, 0.5) is 0 Å². The maximum Gasteiger partial charge on any atom is 0.340 e. The van der Waals surface area contributed by atoms with Crippen LogP contribution in [0.15, 0.2) is 34.6 Å². The number of hydrogen-bond donors (Lipinski definition) is 4. The molecular formula is C65H114N2O18. The van der Waals surface area contributed by atoms with Gasteiger partial charge in [-0.3, -0.25) is 19.2 Å². The van der Waals surface area contributed by atoms with E-state index in [1.165, 1.54) is 40.0 Å². The number of esters is 2. The van der Waals surface area contributed by atoms with Crippen LogP contribution in [0.1, 0.15) is 171 Å². The van der Waals surface area contributed by atoms with Gasteiger partial charge in [0.2, 0.25) is 5.79 Å². The van der Waals surface area contributed by atoms with Crippen molar-refractivity contribution in [2.24, 2.45) is 41.4 Å². The molecule has 4 aliphatic heterocycles. The van der Waals surface area contributed by atoms with E-state index in [0.717, 1.165) is 12.8 Å². The average Bonchev–Trinajstić information content (AvgIpc) is 1.99. The summed E-state index contributed by atoms with van der Waals surface area (Å²) in [6.45, 7) is 32.7. The Morgan fingerprint density at radius 2 is 1.39 bits per heavy atom. The summed E-state index contributed by atoms with van der Waals surface area (Å²) in [6.07, 6.45) is -0.126. The molecule has 0 spiro atoms. The van der Waals surface area contributed by atoms with Gasteiger partial charge in [-0.1, -0.05) is 55.9 Å². The number of nitrogens with zero attached hydrogens (tertiary/aromatic N) is 2. The Morgan fingerprint density at radius 1 is 0.871 bits per heavy atom. The molecule has 20 nitrogen and oxygen atoms in total. The number of hydrogen-bond acceptors (Lipinski definition) is 20. The zero-order valence-electron chi connectivity index (χ0n) is 55.6. The first-order chi connectivity index (χ1) is 38.5. The van der Waals surface area contributed by atoms with Crippen molar-refractivity contribution in [3.8, 4) is 0 Å². The molecule has 0 aromatic heterocycles. The second-order valence-electron chi connectivity index (χ2n) is 26.7. The summed E-state index contributed by atoms with van der Waals surface area (Å²) in [6, 6.07) is 0.395. The molecule has 4 N–H and O–H groups in total. The second-order valence-corrected chi connectivity index (χ2v) is 26.7. The maximum atomic E-state index is 13.8. The third-order valence-corrected chi connectivity index (χ3v) is 18.1. The van der Waals surface area contributed by atoms with Gasteiger partial charge in [0, 0.05) is 75.7 Å². The summed E-state index contributed by atoms with van der Waals surface area (Å²) in [5, 5.41) is 41.9. The van der Waals surface area contributed by atoms with Crippen LogP contribution in [0.5, 0.6) is 0 Å². The highest BCUT2D eigenvalue weighted by molar-refractivity contribution is 6.00. The molecule has 4 rings (SSSR count). The lowest BCUT2D eigenvalue weighted by atomic mass is 9.77. The van der Waals surface area contributed by atoms with Crippen molar-refractivity contribution in [3.05, 3.63) is 34.6 Å². The largest absolute Gasteiger partial charge is 0.456 e. The smallest absolute Gasteiger partial charge is 0.340 e. The summed E-state index contributed by atoms with van der Waals surface area (Å²) in [4.78, 5) is 71.1. The van der Waals surface area contributed by atoms with E-state index in [0.29, 0.717) is 23.3 Å². The molecule has 492 valence electrons. The highest BCUT2D eigenvalue weighted by Gasteiger charge is 2.52. The van der Waals surface area contributed by atoms with Gasteiger partial charge < -0.3 is 72.9 Å². The fourth-order valence-electron chi connectivity index (χ4n) is 12.8. The molecule has 0 amide bonds. The minimum Gasteiger partial charge on any atom is -0.456 e. The van der Waals surface area contributed by atoms with Gasteiger partial charge in [0.05, 0.1) is 53.9 Å². The van der Waals surface area contributed by atoms with Crippen molar-refractivity contribution in [1.29, 1.82) is 0 Å². The molecule has 6 unspecified atom stereocenters. The van der Waals surface area contributed by atoms with Crippen molar-refractivity contribution < 1.29 is 87.0 Å². The van der Waals surface area contributed by atoms with Crippen LogP contribution in [0, 0.1) is 41.4 Å². The lowest BCUT2D eigenvalue weighted by molar-refractivity contribution is -0.284. The first kappa shape index (κ1) is 77.6. The van der Waals surface area contributed by atoms with Crippen molar-refractivity contribution in [2.75, 3.05) is 49.0 Å². The van der Waals surface area contributed by atoms with Crippen molar-refractivity contribution in [2.45, 2.75) is 261 Å². The highest BCUT2D eigenvalue weighted by atomic mass is 16.7. The molecule has 2 fully saturated rings. The average molecular weight is 1210 g/mol. The first-order valence-corrected chi connectivity index (χ1v) is 30.1. The van der Waals surface area contributed by atoms with Crippen molar-refractivity contribution >= 4 is 29.3 Å². The number of ether oxygens (including phenoxy) is 9. The fraction of sp³-hybridized carbons (Fsp3) is 0.831. The predicted octanol–water partition coefficient (Wildman–Crippen LogP) is 7.93. The van der Waals surface area contributed by atoms with Crippen LogP contribution in [0.25, 0.3) is 0 Å². The molecule has 0 saturated carbocycles. The highest BCUT2D eigenvalue weighted by Crippen LogP contribution is 2.43. The van der Waals surface area contributed by atoms with Gasteiger partial charge in [-0.25, -0.2) is 4.79 Å². The van der Waals surface area contributed by atoms with Crippen molar-refractivity contribution in [3.63, 3.8) is 0 Å². The monoisotopic (exact) mass is 1210 g/mol. The number of aliphatic hydroxyl groups excluding tert-OH is 2. The van der Waals surface area contributed by atoms with Crippen LogP contribution in [0.3, 0.4) is 0 Å². The van der Waals surface area contributed by atoms with Gasteiger partial charge in [0.15, 0.2) is 36.0 Å². The zero-order valence-corrected chi connectivity index (χ0v) is 55.6. The lowest BCUT2D eigenvalue weighted by Gasteiger charge is -2.48. The Morgan fingerprint density at radius 3 is 1.87 bits per heavy atom. The summed E-state index contributed by atoms with van der Waals surface area (Å²) < 4.78 is 55.5.